The van der Waals surface area contributed by atoms with Gasteiger partial charge in [-0.05, 0) is 26.3 Å². The number of nitrogens with two attached hydrogens (primary N) is 1. The second kappa shape index (κ2) is 6.39. The Morgan fingerprint density at radius 1 is 1.23 bits per heavy atom. The van der Waals surface area contributed by atoms with Crippen LogP contribution in [0.1, 0.15) is 40.5 Å². The smallest absolute Gasteiger partial charge is 0.0241 e. The zero-order valence-corrected chi connectivity index (χ0v) is 9.88. The normalized spacial score (nSPS) is 16.6. The van der Waals surface area contributed by atoms with Crippen LogP contribution in [0.3, 0.4) is 0 Å². The van der Waals surface area contributed by atoms with Gasteiger partial charge in [-0.3, -0.25) is 4.90 Å². The van der Waals surface area contributed by atoms with Gasteiger partial charge in [-0.25, -0.2) is 0 Å². The molecule has 0 saturated heterocycles. The van der Waals surface area contributed by atoms with Gasteiger partial charge in [0.2, 0.25) is 0 Å². The second-order valence-electron chi connectivity index (χ2n) is 4.35. The number of likely N-dealkylation sites (N-methyl/N-ethyl adjacent to an activating group) is 1. The minimum Gasteiger partial charge on any atom is -0.329 e. The largest absolute Gasteiger partial charge is 0.329 e. The fourth-order valence-electron chi connectivity index (χ4n) is 1.86. The highest BCUT2D eigenvalue weighted by Crippen LogP contribution is 2.13. The first kappa shape index (κ1) is 12.9. The minimum atomic E-state index is 0.529. The van der Waals surface area contributed by atoms with Gasteiger partial charge in [-0.1, -0.05) is 27.2 Å². The van der Waals surface area contributed by atoms with Crippen molar-refractivity contribution in [2.75, 3.05) is 13.6 Å². The molecule has 80 valence electrons. The molecular weight excluding hydrogens is 160 g/mol. The predicted octanol–water partition coefficient (Wildman–Crippen LogP) is 2.09. The average Bonchev–Trinajstić information content (AvgIpc) is 2.05. The molecule has 2 unspecified atom stereocenters. The van der Waals surface area contributed by atoms with E-state index in [1.54, 1.807) is 0 Å². The Morgan fingerprint density at radius 3 is 2.08 bits per heavy atom. The Kier molecular flexibility index (Phi) is 6.35. The van der Waals surface area contributed by atoms with Crippen LogP contribution in [0.2, 0.25) is 0 Å². The fourth-order valence-corrected chi connectivity index (χ4v) is 1.86. The van der Waals surface area contributed by atoms with Crippen LogP contribution in [0.4, 0.5) is 0 Å². The molecule has 2 heteroatoms. The van der Waals surface area contributed by atoms with Crippen molar-refractivity contribution in [2.45, 2.75) is 52.6 Å². The van der Waals surface area contributed by atoms with E-state index in [-0.39, 0.29) is 0 Å². The Balaban J connectivity index is 4.10. The quantitative estimate of drug-likeness (QED) is 0.688. The molecule has 0 bridgehead atoms. The van der Waals surface area contributed by atoms with Crippen molar-refractivity contribution >= 4 is 0 Å². The molecule has 0 amide bonds. The molecule has 0 heterocycles. The van der Waals surface area contributed by atoms with Gasteiger partial charge in [0, 0.05) is 18.6 Å². The molecule has 2 atom stereocenters. The van der Waals surface area contributed by atoms with Gasteiger partial charge in [0.25, 0.3) is 0 Å². The SMILES string of the molecule is CCCC(C)N(C)C(CN)C(C)C. The van der Waals surface area contributed by atoms with Crippen LogP contribution in [0.15, 0.2) is 0 Å². The third-order valence-electron chi connectivity index (χ3n) is 2.94. The van der Waals surface area contributed by atoms with E-state index in [2.05, 4.69) is 39.6 Å². The van der Waals surface area contributed by atoms with Crippen molar-refractivity contribution in [1.29, 1.82) is 0 Å². The van der Waals surface area contributed by atoms with Gasteiger partial charge in [0.15, 0.2) is 0 Å². The van der Waals surface area contributed by atoms with Crippen molar-refractivity contribution in [3.05, 3.63) is 0 Å². The van der Waals surface area contributed by atoms with Crippen LogP contribution in [0, 0.1) is 5.92 Å². The molecule has 0 fully saturated rings. The van der Waals surface area contributed by atoms with E-state index in [1.165, 1.54) is 12.8 Å². The molecule has 0 aliphatic carbocycles. The van der Waals surface area contributed by atoms with Crippen LogP contribution in [-0.2, 0) is 0 Å². The lowest BCUT2D eigenvalue weighted by atomic mass is 10.0. The molecule has 0 spiro atoms. The van der Waals surface area contributed by atoms with E-state index in [9.17, 15) is 0 Å². The monoisotopic (exact) mass is 186 g/mol. The van der Waals surface area contributed by atoms with Crippen LogP contribution in [-0.4, -0.2) is 30.6 Å². The van der Waals surface area contributed by atoms with Crippen molar-refractivity contribution in [3.63, 3.8) is 0 Å². The summed E-state index contributed by atoms with van der Waals surface area (Å²) in [5, 5.41) is 0. The van der Waals surface area contributed by atoms with E-state index in [0.29, 0.717) is 18.0 Å². The first-order valence-electron chi connectivity index (χ1n) is 5.46. The molecule has 0 aliphatic heterocycles. The van der Waals surface area contributed by atoms with E-state index < -0.39 is 0 Å². The lowest BCUT2D eigenvalue weighted by Gasteiger charge is -2.34. The van der Waals surface area contributed by atoms with Gasteiger partial charge in [0.1, 0.15) is 0 Å². The maximum Gasteiger partial charge on any atom is 0.0241 e. The van der Waals surface area contributed by atoms with Gasteiger partial charge in [-0.15, -0.1) is 0 Å². The Bertz CT molecular complexity index is 123. The number of hydrogen-bond acceptors (Lipinski definition) is 2. The van der Waals surface area contributed by atoms with Crippen molar-refractivity contribution in [3.8, 4) is 0 Å². The summed E-state index contributed by atoms with van der Waals surface area (Å²) < 4.78 is 0. The highest BCUT2D eigenvalue weighted by Gasteiger charge is 2.20. The highest BCUT2D eigenvalue weighted by molar-refractivity contribution is 4.76. The summed E-state index contributed by atoms with van der Waals surface area (Å²) in [4.78, 5) is 2.42. The maximum atomic E-state index is 5.77. The topological polar surface area (TPSA) is 29.3 Å². The Hall–Kier alpha value is -0.0800. The predicted molar refractivity (Wildman–Crippen MR) is 59.8 cm³/mol. The molecule has 2 N–H and O–H groups in total. The van der Waals surface area contributed by atoms with Gasteiger partial charge in [-0.2, -0.15) is 0 Å². The van der Waals surface area contributed by atoms with Crippen LogP contribution in [0.25, 0.3) is 0 Å². The maximum absolute atomic E-state index is 5.77. The van der Waals surface area contributed by atoms with E-state index in [1.807, 2.05) is 0 Å². The Morgan fingerprint density at radius 2 is 1.77 bits per heavy atom. The molecule has 0 aliphatic rings. The molecule has 13 heavy (non-hydrogen) atoms. The van der Waals surface area contributed by atoms with E-state index >= 15 is 0 Å². The van der Waals surface area contributed by atoms with Crippen LogP contribution in [0.5, 0.6) is 0 Å². The van der Waals surface area contributed by atoms with Gasteiger partial charge < -0.3 is 5.73 Å². The molecule has 0 aromatic carbocycles. The van der Waals surface area contributed by atoms with Crippen molar-refractivity contribution in [2.24, 2.45) is 11.7 Å². The molecule has 2 nitrogen and oxygen atoms in total. The standard InChI is InChI=1S/C11H26N2/c1-6-7-10(4)13(5)11(8-12)9(2)3/h9-11H,6-8,12H2,1-5H3. The fraction of sp³-hybridized carbons (Fsp3) is 1.00. The summed E-state index contributed by atoms with van der Waals surface area (Å²) >= 11 is 0. The van der Waals surface area contributed by atoms with Crippen LogP contribution < -0.4 is 5.73 Å². The summed E-state index contributed by atoms with van der Waals surface area (Å²) in [6.45, 7) is 9.77. The first-order valence-corrected chi connectivity index (χ1v) is 5.46. The molecule has 0 radical (unpaired) electrons. The molecule has 0 aromatic rings. The summed E-state index contributed by atoms with van der Waals surface area (Å²) in [6.07, 6.45) is 2.51. The van der Waals surface area contributed by atoms with Crippen LogP contribution >= 0.6 is 0 Å². The zero-order chi connectivity index (χ0) is 10.4. The second-order valence-corrected chi connectivity index (χ2v) is 4.35. The van der Waals surface area contributed by atoms with E-state index in [4.69, 9.17) is 5.73 Å². The first-order chi connectivity index (χ1) is 6.04. The molecular formula is C11H26N2. The van der Waals surface area contributed by atoms with Gasteiger partial charge >= 0.3 is 0 Å². The average molecular weight is 186 g/mol. The van der Waals surface area contributed by atoms with E-state index in [0.717, 1.165) is 6.54 Å². The number of hydrogen-bond donors (Lipinski definition) is 1. The molecule has 0 rings (SSSR count). The lowest BCUT2D eigenvalue weighted by Crippen LogP contribution is -2.46. The highest BCUT2D eigenvalue weighted by atomic mass is 15.2. The Labute approximate surface area is 83.5 Å². The summed E-state index contributed by atoms with van der Waals surface area (Å²) in [5.41, 5.74) is 5.77. The molecule has 0 aromatic heterocycles. The number of rotatable bonds is 6. The minimum absolute atomic E-state index is 0.529. The summed E-state index contributed by atoms with van der Waals surface area (Å²) in [7, 11) is 2.19. The zero-order valence-electron chi connectivity index (χ0n) is 9.88. The lowest BCUT2D eigenvalue weighted by molar-refractivity contribution is 0.143. The van der Waals surface area contributed by atoms with Gasteiger partial charge in [0.05, 0.1) is 0 Å². The number of nitrogens with zero attached hydrogens (tertiary/aromatic N) is 1. The summed E-state index contributed by atoms with van der Waals surface area (Å²) in [6, 6.07) is 1.18. The van der Waals surface area contributed by atoms with Crippen molar-refractivity contribution < 1.29 is 0 Å². The van der Waals surface area contributed by atoms with Crippen molar-refractivity contribution in [1.82, 2.24) is 4.90 Å². The summed E-state index contributed by atoms with van der Waals surface area (Å²) in [5.74, 6) is 0.648. The third-order valence-corrected chi connectivity index (χ3v) is 2.94. The molecule has 0 saturated carbocycles. The third kappa shape index (κ3) is 4.10.